The molecule has 5 nitrogen and oxygen atoms in total. The van der Waals surface area contributed by atoms with Gasteiger partial charge < -0.3 is 19.8 Å². The number of likely N-dealkylation sites (tertiary alicyclic amines) is 1. The van der Waals surface area contributed by atoms with E-state index in [1.54, 1.807) is 18.3 Å². The highest BCUT2D eigenvalue weighted by Gasteiger charge is 2.33. The number of hydrogen-bond donors (Lipinski definition) is 2. The summed E-state index contributed by atoms with van der Waals surface area (Å²) < 4.78 is 5.97. The summed E-state index contributed by atoms with van der Waals surface area (Å²) in [6.07, 6.45) is 6.24. The van der Waals surface area contributed by atoms with Gasteiger partial charge in [-0.25, -0.2) is 0 Å². The number of hydrogen-bond acceptors (Lipinski definition) is 5. The summed E-state index contributed by atoms with van der Waals surface area (Å²) in [6, 6.07) is 16.7. The molecule has 0 radical (unpaired) electrons. The Bertz CT molecular complexity index is 1170. The van der Waals surface area contributed by atoms with Crippen molar-refractivity contribution < 1.29 is 14.9 Å². The van der Waals surface area contributed by atoms with Crippen molar-refractivity contribution >= 4 is 17.2 Å². The maximum atomic E-state index is 11.1. The van der Waals surface area contributed by atoms with Crippen LogP contribution in [0.15, 0.2) is 66.9 Å². The Morgan fingerprint density at radius 1 is 1.06 bits per heavy atom. The van der Waals surface area contributed by atoms with E-state index in [2.05, 4.69) is 22.0 Å². The molecule has 1 fully saturated rings. The van der Waals surface area contributed by atoms with Crippen LogP contribution in [-0.4, -0.2) is 39.7 Å². The fourth-order valence-corrected chi connectivity index (χ4v) is 4.88. The fourth-order valence-electron chi connectivity index (χ4n) is 4.75. The van der Waals surface area contributed by atoms with E-state index < -0.39 is 5.60 Å². The highest BCUT2D eigenvalue weighted by molar-refractivity contribution is 6.30. The van der Waals surface area contributed by atoms with Crippen molar-refractivity contribution in [2.75, 3.05) is 19.6 Å². The molecule has 33 heavy (non-hydrogen) atoms. The first kappa shape index (κ1) is 22.0. The number of ether oxygens (including phenoxy) is 1. The number of rotatable bonds is 4. The zero-order valence-corrected chi connectivity index (χ0v) is 19.1. The maximum absolute atomic E-state index is 11.1. The molecule has 1 saturated heterocycles. The molecule has 2 aliphatic heterocycles. The number of nitrogens with zero attached hydrogens (tertiary/aromatic N) is 2. The Hall–Kier alpha value is -2.86. The van der Waals surface area contributed by atoms with E-state index in [9.17, 15) is 10.2 Å². The number of phenolic OH excluding ortho intramolecular Hbond substituents is 1. The average Bonchev–Trinajstić information content (AvgIpc) is 2.98. The molecule has 0 spiro atoms. The van der Waals surface area contributed by atoms with E-state index in [-0.39, 0.29) is 5.75 Å². The number of halogens is 1. The number of aliphatic hydroxyl groups is 1. The Labute approximate surface area is 198 Å². The van der Waals surface area contributed by atoms with Crippen molar-refractivity contribution in [2.24, 2.45) is 0 Å². The molecule has 2 N–H and O–H groups in total. The van der Waals surface area contributed by atoms with Gasteiger partial charge in [0.05, 0.1) is 11.3 Å². The topological polar surface area (TPSA) is 65.8 Å². The van der Waals surface area contributed by atoms with Crippen LogP contribution in [0.5, 0.6) is 11.5 Å². The number of pyridine rings is 1. The predicted octanol–water partition coefficient (Wildman–Crippen LogP) is 5.14. The number of fused-ring (bicyclic) bond motifs is 2. The van der Waals surface area contributed by atoms with Gasteiger partial charge in [0.15, 0.2) is 0 Å². The second-order valence-corrected chi connectivity index (χ2v) is 9.19. The maximum Gasteiger partial charge on any atom is 0.131 e. The van der Waals surface area contributed by atoms with E-state index >= 15 is 0 Å². The van der Waals surface area contributed by atoms with E-state index in [1.807, 2.05) is 36.4 Å². The molecule has 6 heteroatoms. The molecule has 0 unspecified atom stereocenters. The Morgan fingerprint density at radius 3 is 2.64 bits per heavy atom. The molecule has 1 aromatic heterocycles. The van der Waals surface area contributed by atoms with Gasteiger partial charge in [-0.3, -0.25) is 4.98 Å². The number of aromatic hydroxyl groups is 1. The van der Waals surface area contributed by atoms with Crippen molar-refractivity contribution in [3.63, 3.8) is 0 Å². The molecule has 0 saturated carbocycles. The lowest BCUT2D eigenvalue weighted by Gasteiger charge is -2.38. The Balaban J connectivity index is 1.30. The van der Waals surface area contributed by atoms with E-state index in [1.165, 1.54) is 0 Å². The first-order valence-corrected chi connectivity index (χ1v) is 11.7. The quantitative estimate of drug-likeness (QED) is 0.562. The lowest BCUT2D eigenvalue weighted by atomic mass is 9.84. The molecule has 170 valence electrons. The molecule has 3 aromatic rings. The van der Waals surface area contributed by atoms with E-state index in [0.717, 1.165) is 59.8 Å². The van der Waals surface area contributed by atoms with Gasteiger partial charge in [-0.2, -0.15) is 0 Å². The molecule has 0 aliphatic carbocycles. The SMILES string of the molecule is Oc1ccc2c(c1)/C(=C\CCN1CCC(O)(c3ccc(Cl)cc3)CC1)c1cccnc1CO2. The summed E-state index contributed by atoms with van der Waals surface area (Å²) in [5, 5.41) is 21.9. The van der Waals surface area contributed by atoms with Gasteiger partial charge in [0.25, 0.3) is 0 Å². The zero-order chi connectivity index (χ0) is 22.8. The van der Waals surface area contributed by atoms with Gasteiger partial charge in [0.1, 0.15) is 18.1 Å². The van der Waals surface area contributed by atoms with E-state index in [0.29, 0.717) is 24.5 Å². The summed E-state index contributed by atoms with van der Waals surface area (Å²) in [4.78, 5) is 6.90. The summed E-state index contributed by atoms with van der Waals surface area (Å²) in [7, 11) is 0. The third-order valence-corrected chi connectivity index (χ3v) is 6.91. The minimum Gasteiger partial charge on any atom is -0.508 e. The third kappa shape index (κ3) is 4.62. The van der Waals surface area contributed by atoms with Gasteiger partial charge in [0, 0.05) is 42.0 Å². The standard InChI is InChI=1S/C27H27ClN2O3/c28-20-7-5-19(6-8-20)27(32)11-15-30(16-12-27)14-2-4-22-23-3-1-13-29-25(23)18-33-26-10-9-21(31)17-24(22)26/h1,3-10,13,17,31-32H,2,11-12,14-16,18H2/b22-4-. The summed E-state index contributed by atoms with van der Waals surface area (Å²) in [6.45, 7) is 2.97. The molecular formula is C27H27ClN2O3. The molecule has 0 bridgehead atoms. The second kappa shape index (κ2) is 9.18. The molecular weight excluding hydrogens is 436 g/mol. The van der Waals surface area contributed by atoms with Gasteiger partial charge in [0.2, 0.25) is 0 Å². The van der Waals surface area contributed by atoms with Crippen LogP contribution in [0.25, 0.3) is 5.57 Å². The molecule has 0 atom stereocenters. The molecule has 3 heterocycles. The van der Waals surface area contributed by atoms with Gasteiger partial charge >= 0.3 is 0 Å². The van der Waals surface area contributed by atoms with Crippen LogP contribution in [0, 0.1) is 0 Å². The van der Waals surface area contributed by atoms with Crippen LogP contribution in [0.4, 0.5) is 0 Å². The van der Waals surface area contributed by atoms with Gasteiger partial charge in [-0.1, -0.05) is 35.9 Å². The smallest absolute Gasteiger partial charge is 0.131 e. The van der Waals surface area contributed by atoms with Crippen LogP contribution in [0.2, 0.25) is 5.02 Å². The normalized spacial score (nSPS) is 18.8. The highest BCUT2D eigenvalue weighted by atomic mass is 35.5. The lowest BCUT2D eigenvalue weighted by molar-refractivity contribution is -0.0254. The fraction of sp³-hybridized carbons (Fsp3) is 0.296. The first-order chi connectivity index (χ1) is 16.0. The van der Waals surface area contributed by atoms with Gasteiger partial charge in [-0.15, -0.1) is 0 Å². The number of phenols is 1. The Morgan fingerprint density at radius 2 is 1.85 bits per heavy atom. The molecule has 2 aromatic carbocycles. The zero-order valence-electron chi connectivity index (χ0n) is 18.4. The number of benzene rings is 2. The number of aromatic nitrogens is 1. The second-order valence-electron chi connectivity index (χ2n) is 8.75. The number of piperidine rings is 1. The summed E-state index contributed by atoms with van der Waals surface area (Å²) >= 11 is 6.00. The van der Waals surface area contributed by atoms with Crippen molar-refractivity contribution in [1.29, 1.82) is 0 Å². The van der Waals surface area contributed by atoms with Crippen molar-refractivity contribution in [2.45, 2.75) is 31.5 Å². The predicted molar refractivity (Wildman–Crippen MR) is 129 cm³/mol. The van der Waals surface area contributed by atoms with Crippen LogP contribution in [0.3, 0.4) is 0 Å². The lowest BCUT2D eigenvalue weighted by Crippen LogP contribution is -2.42. The third-order valence-electron chi connectivity index (χ3n) is 6.66. The van der Waals surface area contributed by atoms with Crippen LogP contribution in [-0.2, 0) is 12.2 Å². The van der Waals surface area contributed by atoms with Crippen molar-refractivity contribution in [3.05, 3.63) is 94.3 Å². The minimum atomic E-state index is -0.792. The minimum absolute atomic E-state index is 0.216. The largest absolute Gasteiger partial charge is 0.508 e. The van der Waals surface area contributed by atoms with Crippen LogP contribution in [0.1, 0.15) is 41.6 Å². The van der Waals surface area contributed by atoms with E-state index in [4.69, 9.17) is 16.3 Å². The molecule has 2 aliphatic rings. The molecule has 0 amide bonds. The van der Waals surface area contributed by atoms with Crippen molar-refractivity contribution in [1.82, 2.24) is 9.88 Å². The highest BCUT2D eigenvalue weighted by Crippen LogP contribution is 2.38. The van der Waals surface area contributed by atoms with Crippen molar-refractivity contribution in [3.8, 4) is 11.5 Å². The average molecular weight is 463 g/mol. The first-order valence-electron chi connectivity index (χ1n) is 11.3. The Kier molecular flexibility index (Phi) is 6.11. The van der Waals surface area contributed by atoms with Gasteiger partial charge in [-0.05, 0) is 66.8 Å². The monoisotopic (exact) mass is 462 g/mol. The van der Waals surface area contributed by atoms with Crippen LogP contribution >= 0.6 is 11.6 Å². The molecule has 5 rings (SSSR count). The van der Waals surface area contributed by atoms with Crippen LogP contribution < -0.4 is 4.74 Å². The summed E-state index contributed by atoms with van der Waals surface area (Å²) in [5.74, 6) is 0.969. The summed E-state index contributed by atoms with van der Waals surface area (Å²) in [5.41, 5.74) is 4.00.